The van der Waals surface area contributed by atoms with Crippen LogP contribution in [0.5, 0.6) is 0 Å². The van der Waals surface area contributed by atoms with Gasteiger partial charge in [0, 0.05) is 15.3 Å². The Bertz CT molecular complexity index is 362. The molecule has 1 aromatic carbocycles. The van der Waals surface area contributed by atoms with Gasteiger partial charge in [-0.3, -0.25) is 0 Å². The van der Waals surface area contributed by atoms with E-state index in [0.717, 1.165) is 5.92 Å². The van der Waals surface area contributed by atoms with Gasteiger partial charge in [0.2, 0.25) is 0 Å². The summed E-state index contributed by atoms with van der Waals surface area (Å²) in [5.74, 6) is 0.874. The standard InChI is InChI=1S/C14H20IN/c1-3-11-5-4-6-14(11)16-13-8-7-12(15)9-10(13)2/h7-9,11,14,16H,3-6H2,1-2H3. The second kappa shape index (κ2) is 5.39. The van der Waals surface area contributed by atoms with E-state index in [0.29, 0.717) is 6.04 Å². The number of aryl methyl sites for hydroxylation is 1. The van der Waals surface area contributed by atoms with Crippen molar-refractivity contribution >= 4 is 28.3 Å². The van der Waals surface area contributed by atoms with E-state index in [1.54, 1.807) is 0 Å². The van der Waals surface area contributed by atoms with Crippen LogP contribution in [0.25, 0.3) is 0 Å². The Hall–Kier alpha value is -0.250. The molecule has 1 saturated carbocycles. The second-order valence-electron chi connectivity index (χ2n) is 4.81. The van der Waals surface area contributed by atoms with E-state index in [-0.39, 0.29) is 0 Å². The van der Waals surface area contributed by atoms with E-state index in [9.17, 15) is 0 Å². The molecule has 88 valence electrons. The molecule has 0 bridgehead atoms. The van der Waals surface area contributed by atoms with Crippen LogP contribution in [-0.2, 0) is 0 Å². The van der Waals surface area contributed by atoms with E-state index < -0.39 is 0 Å². The highest BCUT2D eigenvalue weighted by Gasteiger charge is 2.25. The molecule has 1 N–H and O–H groups in total. The number of benzene rings is 1. The number of nitrogens with one attached hydrogen (secondary N) is 1. The summed E-state index contributed by atoms with van der Waals surface area (Å²) in [5, 5.41) is 3.73. The summed E-state index contributed by atoms with van der Waals surface area (Å²) in [6.07, 6.45) is 5.43. The molecule has 0 radical (unpaired) electrons. The minimum Gasteiger partial charge on any atom is -0.382 e. The van der Waals surface area contributed by atoms with Crippen LogP contribution in [0, 0.1) is 16.4 Å². The van der Waals surface area contributed by atoms with Crippen molar-refractivity contribution in [2.24, 2.45) is 5.92 Å². The first-order valence-electron chi connectivity index (χ1n) is 6.23. The maximum absolute atomic E-state index is 3.73. The van der Waals surface area contributed by atoms with E-state index in [1.807, 2.05) is 0 Å². The van der Waals surface area contributed by atoms with Gasteiger partial charge in [0.15, 0.2) is 0 Å². The Balaban J connectivity index is 2.08. The molecular weight excluding hydrogens is 309 g/mol. The highest BCUT2D eigenvalue weighted by atomic mass is 127. The normalized spacial score (nSPS) is 24.7. The van der Waals surface area contributed by atoms with Crippen molar-refractivity contribution in [1.82, 2.24) is 0 Å². The van der Waals surface area contributed by atoms with Gasteiger partial charge in [0.25, 0.3) is 0 Å². The summed E-state index contributed by atoms with van der Waals surface area (Å²) in [6, 6.07) is 7.36. The van der Waals surface area contributed by atoms with Crippen LogP contribution in [0.2, 0.25) is 0 Å². The largest absolute Gasteiger partial charge is 0.382 e. The molecule has 1 aliphatic carbocycles. The van der Waals surface area contributed by atoms with Crippen molar-refractivity contribution in [2.45, 2.75) is 45.6 Å². The molecule has 0 amide bonds. The van der Waals surface area contributed by atoms with E-state index in [4.69, 9.17) is 0 Å². The first-order valence-corrected chi connectivity index (χ1v) is 7.31. The molecule has 2 heteroatoms. The predicted octanol–water partition coefficient (Wildman–Crippen LogP) is 4.59. The van der Waals surface area contributed by atoms with Gasteiger partial charge in [-0.2, -0.15) is 0 Å². The smallest absolute Gasteiger partial charge is 0.0372 e. The molecule has 1 fully saturated rings. The summed E-state index contributed by atoms with van der Waals surface area (Å²) in [6.45, 7) is 4.51. The molecule has 1 nitrogen and oxygen atoms in total. The van der Waals surface area contributed by atoms with E-state index >= 15 is 0 Å². The van der Waals surface area contributed by atoms with Crippen LogP contribution in [0.1, 0.15) is 38.2 Å². The Labute approximate surface area is 112 Å². The molecule has 2 atom stereocenters. The predicted molar refractivity (Wildman–Crippen MR) is 78.9 cm³/mol. The quantitative estimate of drug-likeness (QED) is 0.800. The topological polar surface area (TPSA) is 12.0 Å². The van der Waals surface area contributed by atoms with Crippen molar-refractivity contribution in [3.8, 4) is 0 Å². The third-order valence-corrected chi connectivity index (χ3v) is 4.38. The first-order chi connectivity index (χ1) is 7.70. The van der Waals surface area contributed by atoms with Crippen molar-refractivity contribution < 1.29 is 0 Å². The van der Waals surface area contributed by atoms with Crippen molar-refractivity contribution in [3.05, 3.63) is 27.3 Å². The zero-order valence-corrected chi connectivity index (χ0v) is 12.3. The monoisotopic (exact) mass is 329 g/mol. The van der Waals surface area contributed by atoms with Gasteiger partial charge in [0.1, 0.15) is 0 Å². The summed E-state index contributed by atoms with van der Waals surface area (Å²) in [7, 11) is 0. The molecule has 0 heterocycles. The highest BCUT2D eigenvalue weighted by Crippen LogP contribution is 2.31. The molecule has 0 aromatic heterocycles. The molecule has 1 aromatic rings. The third kappa shape index (κ3) is 2.70. The summed E-state index contributed by atoms with van der Waals surface area (Å²) in [5.41, 5.74) is 2.69. The van der Waals surface area contributed by atoms with Gasteiger partial charge in [-0.25, -0.2) is 0 Å². The molecule has 1 aliphatic rings. The minimum atomic E-state index is 0.698. The molecular formula is C14H20IN. The van der Waals surface area contributed by atoms with E-state index in [2.05, 4.69) is 60.0 Å². The van der Waals surface area contributed by atoms with Crippen LogP contribution < -0.4 is 5.32 Å². The zero-order valence-electron chi connectivity index (χ0n) is 10.1. The number of halogens is 1. The second-order valence-corrected chi connectivity index (χ2v) is 6.05. The fraction of sp³-hybridized carbons (Fsp3) is 0.571. The Morgan fingerprint density at radius 2 is 2.19 bits per heavy atom. The Morgan fingerprint density at radius 1 is 1.38 bits per heavy atom. The van der Waals surface area contributed by atoms with Crippen molar-refractivity contribution in [2.75, 3.05) is 5.32 Å². The first kappa shape index (κ1) is 12.2. The maximum Gasteiger partial charge on any atom is 0.0372 e. The third-order valence-electron chi connectivity index (χ3n) is 3.71. The Kier molecular flexibility index (Phi) is 4.11. The van der Waals surface area contributed by atoms with Crippen molar-refractivity contribution in [3.63, 3.8) is 0 Å². The Morgan fingerprint density at radius 3 is 2.88 bits per heavy atom. The van der Waals surface area contributed by atoms with Crippen LogP contribution in [0.3, 0.4) is 0 Å². The fourth-order valence-corrected chi connectivity index (χ4v) is 3.35. The molecule has 0 aliphatic heterocycles. The molecule has 2 rings (SSSR count). The average molecular weight is 329 g/mol. The number of anilines is 1. The highest BCUT2D eigenvalue weighted by molar-refractivity contribution is 14.1. The molecule has 16 heavy (non-hydrogen) atoms. The molecule has 0 saturated heterocycles. The lowest BCUT2D eigenvalue weighted by molar-refractivity contribution is 0.489. The van der Waals surface area contributed by atoms with Gasteiger partial charge >= 0.3 is 0 Å². The number of hydrogen-bond acceptors (Lipinski definition) is 1. The average Bonchev–Trinajstić information content (AvgIpc) is 2.69. The number of hydrogen-bond donors (Lipinski definition) is 1. The van der Waals surface area contributed by atoms with Crippen LogP contribution in [0.4, 0.5) is 5.69 Å². The fourth-order valence-electron chi connectivity index (χ4n) is 2.70. The zero-order chi connectivity index (χ0) is 11.5. The lowest BCUT2D eigenvalue weighted by Gasteiger charge is -2.22. The maximum atomic E-state index is 3.73. The minimum absolute atomic E-state index is 0.698. The lowest BCUT2D eigenvalue weighted by Crippen LogP contribution is -2.23. The summed E-state index contributed by atoms with van der Waals surface area (Å²) >= 11 is 2.37. The van der Waals surface area contributed by atoms with Gasteiger partial charge in [0.05, 0.1) is 0 Å². The van der Waals surface area contributed by atoms with Crippen molar-refractivity contribution in [1.29, 1.82) is 0 Å². The summed E-state index contributed by atoms with van der Waals surface area (Å²) < 4.78 is 1.32. The summed E-state index contributed by atoms with van der Waals surface area (Å²) in [4.78, 5) is 0. The van der Waals surface area contributed by atoms with E-state index in [1.165, 1.54) is 40.5 Å². The lowest BCUT2D eigenvalue weighted by atomic mass is 10.00. The molecule has 2 unspecified atom stereocenters. The van der Waals surface area contributed by atoms with Crippen LogP contribution in [0.15, 0.2) is 18.2 Å². The van der Waals surface area contributed by atoms with Gasteiger partial charge in [-0.1, -0.05) is 19.8 Å². The van der Waals surface area contributed by atoms with Gasteiger partial charge in [-0.05, 0) is 72.0 Å². The van der Waals surface area contributed by atoms with Crippen LogP contribution >= 0.6 is 22.6 Å². The van der Waals surface area contributed by atoms with Crippen LogP contribution in [-0.4, -0.2) is 6.04 Å². The van der Waals surface area contributed by atoms with Gasteiger partial charge < -0.3 is 5.32 Å². The number of rotatable bonds is 3. The van der Waals surface area contributed by atoms with Gasteiger partial charge in [-0.15, -0.1) is 0 Å². The molecule has 0 spiro atoms. The SMILES string of the molecule is CCC1CCCC1Nc1ccc(I)cc1C.